The Balaban J connectivity index is 1.85. The van der Waals surface area contributed by atoms with E-state index >= 15 is 0 Å². The van der Waals surface area contributed by atoms with Crippen molar-refractivity contribution in [3.8, 4) is 0 Å². The van der Waals surface area contributed by atoms with Crippen LogP contribution in [0.5, 0.6) is 0 Å². The monoisotopic (exact) mass is 402 g/mol. The first-order chi connectivity index (χ1) is 12.2. The normalized spacial score (nSPS) is 11.0. The number of anilines is 1. The lowest BCUT2D eigenvalue weighted by molar-refractivity contribution is 0.102. The molecule has 0 aliphatic rings. The molecule has 3 aromatic rings. The number of hydrogen-bond acceptors (Lipinski definition) is 4. The molecule has 0 aliphatic carbocycles. The van der Waals surface area contributed by atoms with Gasteiger partial charge in [-0.25, -0.2) is 4.98 Å². The quantitative estimate of drug-likeness (QED) is 0.608. The number of para-hydroxylation sites is 2. The Labute approximate surface area is 154 Å². The number of carbonyl (C=O) groups excluding carboxylic acids is 1. The first-order valence-corrected chi connectivity index (χ1v) is 8.93. The SMILES string of the molecule is CCOCCCn1c(NC(=O)c2cncc(Br)c2)nc2ccccc21. The van der Waals surface area contributed by atoms with Crippen molar-refractivity contribution in [3.63, 3.8) is 0 Å². The maximum atomic E-state index is 12.5. The number of imidazole rings is 1. The molecule has 6 nitrogen and oxygen atoms in total. The van der Waals surface area contributed by atoms with Crippen molar-refractivity contribution < 1.29 is 9.53 Å². The minimum absolute atomic E-state index is 0.241. The third kappa shape index (κ3) is 4.24. The molecule has 1 aromatic carbocycles. The lowest BCUT2D eigenvalue weighted by Gasteiger charge is -2.10. The Bertz CT molecular complexity index is 878. The number of aryl methyl sites for hydroxylation is 1. The summed E-state index contributed by atoms with van der Waals surface area (Å²) < 4.78 is 8.18. The molecule has 0 atom stereocenters. The minimum Gasteiger partial charge on any atom is -0.382 e. The number of amides is 1. The maximum absolute atomic E-state index is 12.5. The molecule has 0 saturated carbocycles. The molecule has 1 amide bonds. The molecule has 0 bridgehead atoms. The van der Waals surface area contributed by atoms with Crippen LogP contribution >= 0.6 is 15.9 Å². The smallest absolute Gasteiger partial charge is 0.259 e. The number of benzene rings is 1. The van der Waals surface area contributed by atoms with Crippen LogP contribution in [0.4, 0.5) is 5.95 Å². The number of nitrogens with zero attached hydrogens (tertiary/aromatic N) is 3. The van der Waals surface area contributed by atoms with Gasteiger partial charge in [0.25, 0.3) is 5.91 Å². The predicted molar refractivity (Wildman–Crippen MR) is 101 cm³/mol. The van der Waals surface area contributed by atoms with Gasteiger partial charge < -0.3 is 9.30 Å². The number of rotatable bonds is 7. The summed E-state index contributed by atoms with van der Waals surface area (Å²) in [4.78, 5) is 21.1. The number of ether oxygens (including phenoxy) is 1. The van der Waals surface area contributed by atoms with Gasteiger partial charge in [0.05, 0.1) is 16.6 Å². The molecule has 1 N–H and O–H groups in total. The largest absolute Gasteiger partial charge is 0.382 e. The van der Waals surface area contributed by atoms with Crippen LogP contribution in [0.3, 0.4) is 0 Å². The molecule has 0 radical (unpaired) electrons. The van der Waals surface area contributed by atoms with Crippen molar-refractivity contribution in [1.29, 1.82) is 0 Å². The van der Waals surface area contributed by atoms with Gasteiger partial charge in [0, 0.05) is 36.6 Å². The molecule has 0 aliphatic heterocycles. The number of nitrogens with one attached hydrogen (secondary N) is 1. The van der Waals surface area contributed by atoms with Crippen LogP contribution in [0.2, 0.25) is 0 Å². The number of aromatic nitrogens is 3. The fourth-order valence-electron chi connectivity index (χ4n) is 2.58. The Hall–Kier alpha value is -2.25. The lowest BCUT2D eigenvalue weighted by Crippen LogP contribution is -2.16. The maximum Gasteiger partial charge on any atom is 0.259 e. The average Bonchev–Trinajstić information content (AvgIpc) is 2.96. The van der Waals surface area contributed by atoms with Crippen LogP contribution in [-0.2, 0) is 11.3 Å². The van der Waals surface area contributed by atoms with Gasteiger partial charge in [-0.05, 0) is 47.5 Å². The summed E-state index contributed by atoms with van der Waals surface area (Å²) in [5.41, 5.74) is 2.31. The van der Waals surface area contributed by atoms with Gasteiger partial charge in [-0.1, -0.05) is 12.1 Å². The van der Waals surface area contributed by atoms with Gasteiger partial charge in [-0.3, -0.25) is 15.1 Å². The number of carbonyl (C=O) groups is 1. The molecule has 0 saturated heterocycles. The highest BCUT2D eigenvalue weighted by Crippen LogP contribution is 2.21. The van der Waals surface area contributed by atoms with Crippen LogP contribution in [0.15, 0.2) is 47.2 Å². The van der Waals surface area contributed by atoms with Gasteiger partial charge in [-0.2, -0.15) is 0 Å². The first kappa shape index (κ1) is 17.6. The van der Waals surface area contributed by atoms with Gasteiger partial charge in [0.1, 0.15) is 0 Å². The number of halogens is 1. The minimum atomic E-state index is -0.241. The molecule has 0 fully saturated rings. The van der Waals surface area contributed by atoms with Crippen molar-refractivity contribution >= 4 is 38.8 Å². The molecule has 2 aromatic heterocycles. The van der Waals surface area contributed by atoms with E-state index in [1.165, 1.54) is 6.20 Å². The third-order valence-corrected chi connectivity index (χ3v) is 4.16. The summed E-state index contributed by atoms with van der Waals surface area (Å²) in [6.07, 6.45) is 4.01. The summed E-state index contributed by atoms with van der Waals surface area (Å²) in [5, 5.41) is 2.90. The van der Waals surface area contributed by atoms with Crippen LogP contribution in [0, 0.1) is 0 Å². The molecule has 25 heavy (non-hydrogen) atoms. The molecular formula is C18H19BrN4O2. The summed E-state index contributed by atoms with van der Waals surface area (Å²) in [6, 6.07) is 9.56. The standard InChI is InChI=1S/C18H19BrN4O2/c1-2-25-9-5-8-23-16-7-4-3-6-15(16)21-18(23)22-17(24)13-10-14(19)12-20-11-13/h3-4,6-7,10-12H,2,5,8-9H2,1H3,(H,21,22,24). The molecular weight excluding hydrogens is 384 g/mol. The van der Waals surface area contributed by atoms with E-state index in [2.05, 4.69) is 31.2 Å². The number of pyridine rings is 1. The Morgan fingerprint density at radius 2 is 2.16 bits per heavy atom. The van der Waals surface area contributed by atoms with Crippen molar-refractivity contribution in [2.45, 2.75) is 19.9 Å². The zero-order chi connectivity index (χ0) is 17.6. The van der Waals surface area contributed by atoms with E-state index in [9.17, 15) is 4.79 Å². The number of hydrogen-bond donors (Lipinski definition) is 1. The lowest BCUT2D eigenvalue weighted by atomic mass is 10.3. The second-order valence-corrected chi connectivity index (χ2v) is 6.39. The van der Waals surface area contributed by atoms with E-state index in [0.717, 1.165) is 21.9 Å². The van der Waals surface area contributed by atoms with Crippen molar-refractivity contribution in [2.24, 2.45) is 0 Å². The molecule has 0 unspecified atom stereocenters. The van der Waals surface area contributed by atoms with E-state index in [-0.39, 0.29) is 5.91 Å². The van der Waals surface area contributed by atoms with Crippen molar-refractivity contribution in [3.05, 3.63) is 52.8 Å². The Kier molecular flexibility index (Phi) is 5.78. The van der Waals surface area contributed by atoms with Crippen molar-refractivity contribution in [1.82, 2.24) is 14.5 Å². The molecule has 3 rings (SSSR count). The zero-order valence-corrected chi connectivity index (χ0v) is 15.5. The van der Waals surface area contributed by atoms with Gasteiger partial charge in [0.2, 0.25) is 5.95 Å². The van der Waals surface area contributed by atoms with E-state index in [1.807, 2.05) is 35.8 Å². The fraction of sp³-hybridized carbons (Fsp3) is 0.278. The van der Waals surface area contributed by atoms with E-state index < -0.39 is 0 Å². The molecule has 7 heteroatoms. The average molecular weight is 403 g/mol. The molecule has 2 heterocycles. The molecule has 130 valence electrons. The first-order valence-electron chi connectivity index (χ1n) is 8.14. The molecule has 0 spiro atoms. The summed E-state index contributed by atoms with van der Waals surface area (Å²) in [7, 11) is 0. The second-order valence-electron chi connectivity index (χ2n) is 5.47. The third-order valence-electron chi connectivity index (χ3n) is 3.72. The van der Waals surface area contributed by atoms with Gasteiger partial charge >= 0.3 is 0 Å². The van der Waals surface area contributed by atoms with E-state index in [4.69, 9.17) is 4.74 Å². The Morgan fingerprint density at radius 3 is 2.96 bits per heavy atom. The van der Waals surface area contributed by atoms with Gasteiger partial charge in [0.15, 0.2) is 0 Å². The number of fused-ring (bicyclic) bond motifs is 1. The van der Waals surface area contributed by atoms with Crippen LogP contribution in [0.1, 0.15) is 23.7 Å². The highest BCUT2D eigenvalue weighted by molar-refractivity contribution is 9.10. The topological polar surface area (TPSA) is 69.0 Å². The van der Waals surface area contributed by atoms with Crippen molar-refractivity contribution in [2.75, 3.05) is 18.5 Å². The van der Waals surface area contributed by atoms with Crippen LogP contribution in [0.25, 0.3) is 11.0 Å². The summed E-state index contributed by atoms with van der Waals surface area (Å²) >= 11 is 3.33. The second kappa shape index (κ2) is 8.22. The van der Waals surface area contributed by atoms with E-state index in [1.54, 1.807) is 12.3 Å². The van der Waals surface area contributed by atoms with E-state index in [0.29, 0.717) is 31.3 Å². The summed E-state index contributed by atoms with van der Waals surface area (Å²) in [6.45, 7) is 4.06. The highest BCUT2D eigenvalue weighted by atomic mass is 79.9. The fourth-order valence-corrected chi connectivity index (χ4v) is 2.94. The van der Waals surface area contributed by atoms with Gasteiger partial charge in [-0.15, -0.1) is 0 Å². The summed E-state index contributed by atoms with van der Waals surface area (Å²) in [5.74, 6) is 0.290. The van der Waals surface area contributed by atoms with Crippen LogP contribution in [-0.4, -0.2) is 33.7 Å². The Morgan fingerprint density at radius 1 is 1.32 bits per heavy atom. The van der Waals surface area contributed by atoms with Crippen LogP contribution < -0.4 is 5.32 Å². The zero-order valence-electron chi connectivity index (χ0n) is 13.9. The predicted octanol–water partition coefficient (Wildman–Crippen LogP) is 3.87. The highest BCUT2D eigenvalue weighted by Gasteiger charge is 2.14.